The van der Waals surface area contributed by atoms with E-state index in [-0.39, 0.29) is 24.1 Å². The molecular weight excluding hydrogens is 446 g/mol. The van der Waals surface area contributed by atoms with Crippen LogP contribution in [0, 0.1) is 0 Å². The average molecular weight is 467 g/mol. The first-order valence-corrected chi connectivity index (χ1v) is 10.6. The lowest BCUT2D eigenvalue weighted by Gasteiger charge is -2.07. The van der Waals surface area contributed by atoms with Gasteiger partial charge in [-0.3, -0.25) is 19.3 Å². The van der Waals surface area contributed by atoms with E-state index in [0.29, 0.717) is 28.3 Å². The van der Waals surface area contributed by atoms with Crippen molar-refractivity contribution in [1.82, 2.24) is 14.8 Å². The fourth-order valence-electron chi connectivity index (χ4n) is 3.33. The molecule has 0 spiro atoms. The zero-order chi connectivity index (χ0) is 24.8. The third kappa shape index (κ3) is 5.66. The Morgan fingerprint density at radius 2 is 1.63 bits per heavy atom. The number of nitrogens with one attached hydrogen (secondary N) is 2. The zero-order valence-corrected chi connectivity index (χ0v) is 18.5. The van der Waals surface area contributed by atoms with Crippen LogP contribution in [0.3, 0.4) is 0 Å². The van der Waals surface area contributed by atoms with E-state index in [0.717, 1.165) is 5.56 Å². The number of benzene rings is 2. The molecule has 35 heavy (non-hydrogen) atoms. The number of rotatable bonds is 8. The summed E-state index contributed by atoms with van der Waals surface area (Å²) in [5.41, 5.74) is 3.52. The van der Waals surface area contributed by atoms with Crippen LogP contribution in [0.15, 0.2) is 91.6 Å². The van der Waals surface area contributed by atoms with Crippen LogP contribution in [0.4, 0.5) is 11.4 Å². The lowest BCUT2D eigenvalue weighted by atomic mass is 10.1. The van der Waals surface area contributed by atoms with E-state index in [1.165, 1.54) is 16.8 Å². The van der Waals surface area contributed by atoms with Gasteiger partial charge in [-0.2, -0.15) is 5.10 Å². The number of carbonyl (C=O) groups is 3. The second kappa shape index (κ2) is 10.3. The summed E-state index contributed by atoms with van der Waals surface area (Å²) in [4.78, 5) is 39.5. The van der Waals surface area contributed by atoms with Gasteiger partial charge in [0.05, 0.1) is 12.2 Å². The molecule has 0 fully saturated rings. The number of aromatic carboxylic acids is 1. The van der Waals surface area contributed by atoms with Crippen LogP contribution in [0.5, 0.6) is 0 Å². The summed E-state index contributed by atoms with van der Waals surface area (Å²) in [6, 6.07) is 20.5. The van der Waals surface area contributed by atoms with E-state index in [1.54, 1.807) is 72.9 Å². The van der Waals surface area contributed by atoms with Gasteiger partial charge < -0.3 is 15.7 Å². The monoisotopic (exact) mass is 467 g/mol. The summed E-state index contributed by atoms with van der Waals surface area (Å²) in [6.45, 7) is 3.64. The van der Waals surface area contributed by atoms with E-state index < -0.39 is 5.97 Å². The number of anilines is 2. The van der Waals surface area contributed by atoms with Crippen LogP contribution in [0.25, 0.3) is 11.3 Å². The first kappa shape index (κ1) is 23.1. The molecule has 9 heteroatoms. The fraction of sp³-hybridized carbons (Fsp3) is 0.0385. The van der Waals surface area contributed by atoms with Crippen LogP contribution in [-0.4, -0.2) is 37.7 Å². The Kier molecular flexibility index (Phi) is 6.78. The second-order valence-electron chi connectivity index (χ2n) is 7.51. The first-order chi connectivity index (χ1) is 16.9. The molecule has 0 atom stereocenters. The number of carbonyl (C=O) groups excluding carboxylic acids is 2. The minimum Gasteiger partial charge on any atom is -0.477 e. The maximum Gasteiger partial charge on any atom is 0.354 e. The molecule has 0 saturated heterocycles. The molecule has 2 amide bonds. The van der Waals surface area contributed by atoms with Gasteiger partial charge in [0.25, 0.3) is 5.91 Å². The predicted octanol–water partition coefficient (Wildman–Crippen LogP) is 4.07. The summed E-state index contributed by atoms with van der Waals surface area (Å²) < 4.78 is 1.41. The number of nitrogens with zero attached hydrogens (tertiary/aromatic N) is 3. The van der Waals surface area contributed by atoms with Gasteiger partial charge in [0, 0.05) is 23.1 Å². The van der Waals surface area contributed by atoms with Crippen molar-refractivity contribution in [3.8, 4) is 11.3 Å². The van der Waals surface area contributed by atoms with E-state index >= 15 is 0 Å². The molecular formula is C26H21N5O4. The molecule has 4 rings (SSSR count). The molecule has 2 heterocycles. The fourth-order valence-corrected chi connectivity index (χ4v) is 3.33. The van der Waals surface area contributed by atoms with E-state index in [4.69, 9.17) is 0 Å². The Labute approximate surface area is 200 Å². The van der Waals surface area contributed by atoms with Crippen LogP contribution in [-0.2, 0) is 11.3 Å². The van der Waals surface area contributed by atoms with Crippen molar-refractivity contribution in [2.24, 2.45) is 0 Å². The molecule has 0 unspecified atom stereocenters. The van der Waals surface area contributed by atoms with Crippen molar-refractivity contribution in [2.75, 3.05) is 10.6 Å². The van der Waals surface area contributed by atoms with Gasteiger partial charge in [0.15, 0.2) is 0 Å². The van der Waals surface area contributed by atoms with E-state index in [1.807, 2.05) is 0 Å². The molecule has 0 aliphatic heterocycles. The molecule has 0 aliphatic carbocycles. The Morgan fingerprint density at radius 1 is 0.943 bits per heavy atom. The van der Waals surface area contributed by atoms with Gasteiger partial charge in [-0.05, 0) is 54.1 Å². The minimum atomic E-state index is -1.10. The first-order valence-electron chi connectivity index (χ1n) is 10.6. The van der Waals surface area contributed by atoms with Gasteiger partial charge in [-0.25, -0.2) is 4.79 Å². The molecule has 4 aromatic rings. The van der Waals surface area contributed by atoms with Crippen LogP contribution < -0.4 is 10.6 Å². The third-order valence-electron chi connectivity index (χ3n) is 5.07. The number of carboxylic acid groups (broad SMARTS) is 1. The summed E-state index contributed by atoms with van der Waals surface area (Å²) in [5, 5.41) is 19.6. The quantitative estimate of drug-likeness (QED) is 0.335. The molecule has 0 aliphatic rings. The summed E-state index contributed by atoms with van der Waals surface area (Å²) in [6.07, 6.45) is 2.72. The van der Waals surface area contributed by atoms with Crippen molar-refractivity contribution >= 4 is 29.2 Å². The molecule has 0 radical (unpaired) electrons. The zero-order valence-electron chi connectivity index (χ0n) is 18.5. The Morgan fingerprint density at radius 3 is 2.26 bits per heavy atom. The maximum absolute atomic E-state index is 12.3. The summed E-state index contributed by atoms with van der Waals surface area (Å²) >= 11 is 0. The highest BCUT2D eigenvalue weighted by atomic mass is 16.4. The van der Waals surface area contributed by atoms with Gasteiger partial charge >= 0.3 is 5.97 Å². The Hall–Kier alpha value is -5.05. The standard InChI is InChI=1S/C26H21N5O4/c1-2-24(32)28-19-10-6-17(7-11-19)16-31-23(26(34)35)15-22(30-31)18-8-12-20(13-9-18)29-25(33)21-5-3-4-14-27-21/h2-15H,1,16H2,(H,28,32)(H,29,33)(H,34,35). The lowest BCUT2D eigenvalue weighted by Crippen LogP contribution is -2.13. The number of hydrogen-bond acceptors (Lipinski definition) is 5. The van der Waals surface area contributed by atoms with Crippen molar-refractivity contribution in [1.29, 1.82) is 0 Å². The number of pyridine rings is 1. The molecule has 0 saturated carbocycles. The van der Waals surface area contributed by atoms with Gasteiger partial charge in [-0.1, -0.05) is 36.9 Å². The highest BCUT2D eigenvalue weighted by Gasteiger charge is 2.16. The largest absolute Gasteiger partial charge is 0.477 e. The lowest BCUT2D eigenvalue weighted by molar-refractivity contribution is -0.111. The highest BCUT2D eigenvalue weighted by molar-refractivity contribution is 6.03. The maximum atomic E-state index is 12.3. The van der Waals surface area contributed by atoms with Crippen molar-refractivity contribution in [3.05, 3.63) is 109 Å². The Bertz CT molecular complexity index is 1380. The average Bonchev–Trinajstić information content (AvgIpc) is 3.30. The van der Waals surface area contributed by atoms with E-state index in [2.05, 4.69) is 27.3 Å². The molecule has 9 nitrogen and oxygen atoms in total. The molecule has 0 bridgehead atoms. The summed E-state index contributed by atoms with van der Waals surface area (Å²) in [5.74, 6) is -1.74. The third-order valence-corrected chi connectivity index (χ3v) is 5.07. The highest BCUT2D eigenvalue weighted by Crippen LogP contribution is 2.23. The molecule has 174 valence electrons. The van der Waals surface area contributed by atoms with Gasteiger partial charge in [-0.15, -0.1) is 0 Å². The molecule has 3 N–H and O–H groups in total. The SMILES string of the molecule is C=CC(=O)Nc1ccc(Cn2nc(-c3ccc(NC(=O)c4ccccn4)cc3)cc2C(=O)O)cc1. The van der Waals surface area contributed by atoms with Gasteiger partial charge in [0.1, 0.15) is 11.4 Å². The van der Waals surface area contributed by atoms with Gasteiger partial charge in [0.2, 0.25) is 5.91 Å². The predicted molar refractivity (Wildman–Crippen MR) is 131 cm³/mol. The molecule has 2 aromatic carbocycles. The van der Waals surface area contributed by atoms with Crippen molar-refractivity contribution < 1.29 is 19.5 Å². The van der Waals surface area contributed by atoms with Crippen LogP contribution in [0.2, 0.25) is 0 Å². The Balaban J connectivity index is 1.50. The van der Waals surface area contributed by atoms with Crippen LogP contribution >= 0.6 is 0 Å². The second-order valence-corrected chi connectivity index (χ2v) is 7.51. The molecule has 2 aromatic heterocycles. The van der Waals surface area contributed by atoms with E-state index in [9.17, 15) is 19.5 Å². The normalized spacial score (nSPS) is 10.4. The minimum absolute atomic E-state index is 0.0385. The number of amides is 2. The summed E-state index contributed by atoms with van der Waals surface area (Å²) in [7, 11) is 0. The number of carboxylic acids is 1. The number of aromatic nitrogens is 3. The number of hydrogen-bond donors (Lipinski definition) is 3. The van der Waals surface area contributed by atoms with Crippen molar-refractivity contribution in [2.45, 2.75) is 6.54 Å². The topological polar surface area (TPSA) is 126 Å². The van der Waals surface area contributed by atoms with Crippen molar-refractivity contribution in [3.63, 3.8) is 0 Å². The smallest absolute Gasteiger partial charge is 0.354 e. The van der Waals surface area contributed by atoms with Crippen LogP contribution in [0.1, 0.15) is 26.5 Å².